The highest BCUT2D eigenvalue weighted by molar-refractivity contribution is 14.0. The van der Waals surface area contributed by atoms with E-state index in [1.165, 1.54) is 32.6 Å². The molecule has 0 unspecified atom stereocenters. The summed E-state index contributed by atoms with van der Waals surface area (Å²) in [5.74, 6) is 3.08. The van der Waals surface area contributed by atoms with Crippen LogP contribution in [0.4, 0.5) is 5.69 Å². The van der Waals surface area contributed by atoms with Gasteiger partial charge in [-0.15, -0.1) is 24.0 Å². The molecule has 1 aliphatic carbocycles. The molecule has 7 heteroatoms. The molecule has 1 saturated carbocycles. The van der Waals surface area contributed by atoms with Gasteiger partial charge in [-0.3, -0.25) is 4.79 Å². The molecule has 0 aliphatic heterocycles. The molecule has 1 aliphatic rings. The van der Waals surface area contributed by atoms with Crippen LogP contribution in [0, 0.1) is 11.8 Å². The van der Waals surface area contributed by atoms with E-state index in [0.717, 1.165) is 36.4 Å². The van der Waals surface area contributed by atoms with E-state index in [1.54, 1.807) is 7.11 Å². The van der Waals surface area contributed by atoms with Crippen molar-refractivity contribution in [3.05, 3.63) is 23.8 Å². The minimum absolute atomic E-state index is 0. The first kappa shape index (κ1) is 25.5. The molecule has 0 radical (unpaired) electrons. The number of aliphatic imine (C=N–C) groups is 1. The summed E-state index contributed by atoms with van der Waals surface area (Å²) in [6.07, 6.45) is 5.29. The lowest BCUT2D eigenvalue weighted by Crippen LogP contribution is -2.41. The fourth-order valence-electron chi connectivity index (χ4n) is 3.76. The molecule has 1 aromatic rings. The number of hydrogen-bond acceptors (Lipinski definition) is 3. The second-order valence-corrected chi connectivity index (χ2v) is 7.89. The summed E-state index contributed by atoms with van der Waals surface area (Å²) in [7, 11) is 3.72. The number of anilines is 1. The maximum Gasteiger partial charge on any atom is 0.221 e. The van der Waals surface area contributed by atoms with Gasteiger partial charge in [0, 0.05) is 27.1 Å². The Morgan fingerprint density at radius 1 is 1.28 bits per heavy atom. The molecular formula is C22H37IN4O2. The quantitative estimate of drug-likeness (QED) is 0.319. The molecule has 29 heavy (non-hydrogen) atoms. The third kappa shape index (κ3) is 8.40. The summed E-state index contributed by atoms with van der Waals surface area (Å²) in [6.45, 7) is 8.37. The van der Waals surface area contributed by atoms with Crippen molar-refractivity contribution in [2.45, 2.75) is 53.0 Å². The highest BCUT2D eigenvalue weighted by Gasteiger charge is 2.20. The molecule has 0 saturated heterocycles. The molecule has 1 fully saturated rings. The number of nitrogens with one attached hydrogen (secondary N) is 2. The molecule has 0 atom stereocenters. The maximum absolute atomic E-state index is 11.4. The Hall–Kier alpha value is -1.51. The van der Waals surface area contributed by atoms with Crippen molar-refractivity contribution in [2.24, 2.45) is 16.8 Å². The van der Waals surface area contributed by atoms with Crippen LogP contribution in [0.2, 0.25) is 0 Å². The summed E-state index contributed by atoms with van der Waals surface area (Å²) in [4.78, 5) is 18.5. The second-order valence-electron chi connectivity index (χ2n) is 7.89. The van der Waals surface area contributed by atoms with Crippen LogP contribution >= 0.6 is 24.0 Å². The number of ether oxygens (including phenoxy) is 1. The first-order valence-electron chi connectivity index (χ1n) is 10.4. The van der Waals surface area contributed by atoms with Gasteiger partial charge in [0.05, 0.1) is 19.3 Å². The summed E-state index contributed by atoms with van der Waals surface area (Å²) in [6, 6.07) is 5.78. The molecule has 1 amide bonds. The van der Waals surface area contributed by atoms with Crippen LogP contribution in [-0.2, 0) is 11.3 Å². The highest BCUT2D eigenvalue weighted by atomic mass is 127. The monoisotopic (exact) mass is 516 g/mol. The van der Waals surface area contributed by atoms with Gasteiger partial charge in [0.25, 0.3) is 0 Å². The first-order chi connectivity index (χ1) is 13.4. The van der Waals surface area contributed by atoms with E-state index in [9.17, 15) is 4.79 Å². The topological polar surface area (TPSA) is 66.0 Å². The first-order valence-corrected chi connectivity index (χ1v) is 10.4. The number of rotatable bonds is 7. The number of halogens is 1. The van der Waals surface area contributed by atoms with Crippen LogP contribution in [0.15, 0.2) is 23.2 Å². The fraction of sp³-hybridized carbons (Fsp3) is 0.636. The van der Waals surface area contributed by atoms with Gasteiger partial charge in [-0.1, -0.05) is 25.8 Å². The van der Waals surface area contributed by atoms with Gasteiger partial charge in [0.15, 0.2) is 5.96 Å². The van der Waals surface area contributed by atoms with Gasteiger partial charge in [-0.25, -0.2) is 4.99 Å². The predicted molar refractivity (Wildman–Crippen MR) is 131 cm³/mol. The Balaban J connectivity index is 0.00000420. The van der Waals surface area contributed by atoms with E-state index in [2.05, 4.69) is 36.4 Å². The van der Waals surface area contributed by atoms with Crippen molar-refractivity contribution in [3.8, 4) is 5.75 Å². The van der Waals surface area contributed by atoms with E-state index in [-0.39, 0.29) is 29.9 Å². The van der Waals surface area contributed by atoms with Crippen LogP contribution < -0.4 is 15.4 Å². The lowest BCUT2D eigenvalue weighted by atomic mass is 9.83. The molecule has 2 rings (SSSR count). The van der Waals surface area contributed by atoms with E-state index in [0.29, 0.717) is 18.0 Å². The number of hydrogen-bond donors (Lipinski definition) is 2. The standard InChI is InChI=1S/C22H36N4O2.HI/c1-6-23-22(26(4)15-18-9-7-16(2)8-10-18)24-14-19-11-12-21(28-5)20(13-19)25-17(3)27;/h11-13,16,18H,6-10,14-15H2,1-5H3,(H,23,24)(H,25,27);1H. The third-order valence-corrected chi connectivity index (χ3v) is 5.35. The summed E-state index contributed by atoms with van der Waals surface area (Å²) < 4.78 is 5.32. The average Bonchev–Trinajstić information content (AvgIpc) is 2.66. The summed E-state index contributed by atoms with van der Waals surface area (Å²) in [5, 5.41) is 6.22. The Morgan fingerprint density at radius 2 is 1.97 bits per heavy atom. The van der Waals surface area contributed by atoms with E-state index in [4.69, 9.17) is 9.73 Å². The number of amides is 1. The number of carbonyl (C=O) groups is 1. The Labute approximate surface area is 192 Å². The maximum atomic E-state index is 11.4. The molecule has 1 aromatic carbocycles. The Bertz CT molecular complexity index is 673. The van der Waals surface area contributed by atoms with Crippen LogP contribution in [0.25, 0.3) is 0 Å². The van der Waals surface area contributed by atoms with Crippen molar-refractivity contribution in [3.63, 3.8) is 0 Å². The Kier molecular flexibility index (Phi) is 11.4. The zero-order chi connectivity index (χ0) is 20.5. The normalized spacial score (nSPS) is 19.1. The number of methoxy groups -OCH3 is 1. The molecule has 0 spiro atoms. The van der Waals surface area contributed by atoms with E-state index < -0.39 is 0 Å². The van der Waals surface area contributed by atoms with Gasteiger partial charge >= 0.3 is 0 Å². The average molecular weight is 516 g/mol. The molecule has 0 bridgehead atoms. The molecule has 164 valence electrons. The van der Waals surface area contributed by atoms with Gasteiger partial charge < -0.3 is 20.3 Å². The summed E-state index contributed by atoms with van der Waals surface area (Å²) >= 11 is 0. The highest BCUT2D eigenvalue weighted by Crippen LogP contribution is 2.29. The van der Waals surface area contributed by atoms with E-state index in [1.807, 2.05) is 18.2 Å². The number of guanidine groups is 1. The molecule has 6 nitrogen and oxygen atoms in total. The van der Waals surface area contributed by atoms with Crippen LogP contribution in [0.3, 0.4) is 0 Å². The second kappa shape index (κ2) is 12.9. The molecule has 0 heterocycles. The lowest BCUT2D eigenvalue weighted by molar-refractivity contribution is -0.114. The minimum Gasteiger partial charge on any atom is -0.495 e. The van der Waals surface area contributed by atoms with Crippen LogP contribution in [0.5, 0.6) is 5.75 Å². The molecule has 2 N–H and O–H groups in total. The minimum atomic E-state index is -0.117. The van der Waals surface area contributed by atoms with Crippen LogP contribution in [0.1, 0.15) is 52.0 Å². The van der Waals surface area contributed by atoms with Crippen molar-refractivity contribution in [1.82, 2.24) is 10.2 Å². The van der Waals surface area contributed by atoms with Crippen molar-refractivity contribution in [1.29, 1.82) is 0 Å². The van der Waals surface area contributed by atoms with Crippen molar-refractivity contribution >= 4 is 41.5 Å². The van der Waals surface area contributed by atoms with Crippen LogP contribution in [-0.4, -0.2) is 44.0 Å². The third-order valence-electron chi connectivity index (χ3n) is 5.35. The van der Waals surface area contributed by atoms with Crippen molar-refractivity contribution in [2.75, 3.05) is 32.6 Å². The van der Waals surface area contributed by atoms with Gasteiger partial charge in [-0.2, -0.15) is 0 Å². The molecule has 0 aromatic heterocycles. The smallest absolute Gasteiger partial charge is 0.221 e. The number of nitrogens with zero attached hydrogens (tertiary/aromatic N) is 2. The largest absolute Gasteiger partial charge is 0.495 e. The fourth-order valence-corrected chi connectivity index (χ4v) is 3.76. The van der Waals surface area contributed by atoms with Gasteiger partial charge in [0.2, 0.25) is 5.91 Å². The zero-order valence-electron chi connectivity index (χ0n) is 18.5. The summed E-state index contributed by atoms with van der Waals surface area (Å²) in [5.41, 5.74) is 1.71. The van der Waals surface area contributed by atoms with Gasteiger partial charge in [-0.05, 0) is 49.3 Å². The SMILES string of the molecule is CCNC(=NCc1ccc(OC)c(NC(C)=O)c1)N(C)CC1CCC(C)CC1.I. The molecular weight excluding hydrogens is 479 g/mol. The Morgan fingerprint density at radius 3 is 2.55 bits per heavy atom. The number of benzene rings is 1. The van der Waals surface area contributed by atoms with Gasteiger partial charge in [0.1, 0.15) is 5.75 Å². The lowest BCUT2D eigenvalue weighted by Gasteiger charge is -2.31. The van der Waals surface area contributed by atoms with Crippen molar-refractivity contribution < 1.29 is 9.53 Å². The van der Waals surface area contributed by atoms with E-state index >= 15 is 0 Å². The zero-order valence-corrected chi connectivity index (χ0v) is 20.8. The number of carbonyl (C=O) groups excluding carboxylic acids is 1. The predicted octanol–water partition coefficient (Wildman–Crippen LogP) is 4.50.